The molecule has 0 spiro atoms. The average molecular weight is 333 g/mol. The van der Waals surface area contributed by atoms with Crippen LogP contribution in [0.2, 0.25) is 0 Å². The van der Waals surface area contributed by atoms with E-state index in [1.165, 1.54) is 12.8 Å². The van der Waals surface area contributed by atoms with Crippen molar-refractivity contribution in [2.45, 2.75) is 12.8 Å². The molecule has 0 aliphatic carbocycles. The molecule has 1 saturated heterocycles. The number of hydrogen-bond acceptors (Lipinski definition) is 5. The highest BCUT2D eigenvalue weighted by Gasteiger charge is 2.15. The van der Waals surface area contributed by atoms with E-state index in [-0.39, 0.29) is 5.91 Å². The van der Waals surface area contributed by atoms with Crippen molar-refractivity contribution in [1.82, 2.24) is 19.9 Å². The predicted octanol–water partition coefficient (Wildman–Crippen LogP) is 2.73. The average Bonchev–Trinajstić information content (AvgIpc) is 3.14. The van der Waals surface area contributed by atoms with Crippen molar-refractivity contribution in [1.29, 1.82) is 0 Å². The fourth-order valence-corrected chi connectivity index (χ4v) is 3.09. The van der Waals surface area contributed by atoms with E-state index in [2.05, 4.69) is 25.2 Å². The minimum absolute atomic E-state index is 0.0304. The molecule has 1 amide bonds. The maximum absolute atomic E-state index is 12.2. The summed E-state index contributed by atoms with van der Waals surface area (Å²) in [5.41, 5.74) is 2.61. The SMILES string of the molecule is O=C(CN1CCCC1)Nc1cc2nc(-c3cccnc3)ccc2cn1. The highest BCUT2D eigenvalue weighted by molar-refractivity contribution is 5.93. The third kappa shape index (κ3) is 3.64. The number of amides is 1. The third-order valence-electron chi connectivity index (χ3n) is 4.36. The Labute approximate surface area is 145 Å². The zero-order valence-electron chi connectivity index (χ0n) is 13.9. The summed E-state index contributed by atoms with van der Waals surface area (Å²) in [6.45, 7) is 2.41. The van der Waals surface area contributed by atoms with Crippen molar-refractivity contribution in [3.8, 4) is 11.3 Å². The van der Waals surface area contributed by atoms with Crippen LogP contribution in [0.15, 0.2) is 48.9 Å². The highest BCUT2D eigenvalue weighted by Crippen LogP contribution is 2.21. The van der Waals surface area contributed by atoms with E-state index in [1.54, 1.807) is 18.6 Å². The molecule has 6 nitrogen and oxygen atoms in total. The second-order valence-electron chi connectivity index (χ2n) is 6.23. The summed E-state index contributed by atoms with van der Waals surface area (Å²) in [6, 6.07) is 9.61. The van der Waals surface area contributed by atoms with Crippen molar-refractivity contribution in [2.24, 2.45) is 0 Å². The number of pyridine rings is 3. The lowest BCUT2D eigenvalue weighted by Crippen LogP contribution is -2.31. The lowest BCUT2D eigenvalue weighted by Gasteiger charge is -2.13. The van der Waals surface area contributed by atoms with Gasteiger partial charge in [0.15, 0.2) is 0 Å². The number of aromatic nitrogens is 3. The Morgan fingerprint density at radius 2 is 2.04 bits per heavy atom. The lowest BCUT2D eigenvalue weighted by atomic mass is 10.1. The second-order valence-corrected chi connectivity index (χ2v) is 6.23. The van der Waals surface area contributed by atoms with Crippen molar-refractivity contribution in [3.63, 3.8) is 0 Å². The van der Waals surface area contributed by atoms with E-state index >= 15 is 0 Å². The van der Waals surface area contributed by atoms with E-state index in [0.717, 1.165) is 35.2 Å². The van der Waals surface area contributed by atoms with Gasteiger partial charge in [-0.2, -0.15) is 0 Å². The quantitative estimate of drug-likeness (QED) is 0.795. The topological polar surface area (TPSA) is 71.0 Å². The molecule has 6 heteroatoms. The van der Waals surface area contributed by atoms with Crippen molar-refractivity contribution in [2.75, 3.05) is 25.0 Å². The number of nitrogens with zero attached hydrogens (tertiary/aromatic N) is 4. The number of anilines is 1. The molecule has 4 rings (SSSR count). The fraction of sp³-hybridized carbons (Fsp3) is 0.263. The van der Waals surface area contributed by atoms with Crippen LogP contribution < -0.4 is 5.32 Å². The van der Waals surface area contributed by atoms with Gasteiger partial charge in [-0.25, -0.2) is 9.97 Å². The van der Waals surface area contributed by atoms with E-state index in [1.807, 2.05) is 30.3 Å². The van der Waals surface area contributed by atoms with Gasteiger partial charge >= 0.3 is 0 Å². The first-order valence-corrected chi connectivity index (χ1v) is 8.47. The summed E-state index contributed by atoms with van der Waals surface area (Å²) in [6.07, 6.45) is 7.60. The molecule has 1 aliphatic heterocycles. The molecule has 0 bridgehead atoms. The molecule has 0 radical (unpaired) electrons. The predicted molar refractivity (Wildman–Crippen MR) is 97.1 cm³/mol. The van der Waals surface area contributed by atoms with Gasteiger partial charge < -0.3 is 5.32 Å². The van der Waals surface area contributed by atoms with E-state index in [0.29, 0.717) is 12.4 Å². The van der Waals surface area contributed by atoms with Crippen LogP contribution >= 0.6 is 0 Å². The maximum atomic E-state index is 12.2. The molecule has 1 fully saturated rings. The highest BCUT2D eigenvalue weighted by atomic mass is 16.2. The van der Waals surface area contributed by atoms with Crippen LogP contribution in [0.3, 0.4) is 0 Å². The summed E-state index contributed by atoms with van der Waals surface area (Å²) in [5, 5.41) is 3.81. The minimum Gasteiger partial charge on any atom is -0.310 e. The first-order valence-electron chi connectivity index (χ1n) is 8.47. The molecule has 4 heterocycles. The second kappa shape index (κ2) is 6.94. The summed E-state index contributed by atoms with van der Waals surface area (Å²) >= 11 is 0. The molecule has 3 aromatic heterocycles. The Morgan fingerprint density at radius 1 is 1.16 bits per heavy atom. The Balaban J connectivity index is 1.55. The molecular formula is C19H19N5O. The van der Waals surface area contributed by atoms with Gasteiger partial charge in [0.2, 0.25) is 5.91 Å². The van der Waals surface area contributed by atoms with Crippen molar-refractivity contribution < 1.29 is 4.79 Å². The van der Waals surface area contributed by atoms with Crippen LogP contribution in [-0.2, 0) is 4.79 Å². The molecule has 0 unspecified atom stereocenters. The van der Waals surface area contributed by atoms with Gasteiger partial charge in [-0.1, -0.05) is 0 Å². The van der Waals surface area contributed by atoms with Crippen LogP contribution in [0.4, 0.5) is 5.82 Å². The van der Waals surface area contributed by atoms with Crippen molar-refractivity contribution >= 4 is 22.6 Å². The smallest absolute Gasteiger partial charge is 0.239 e. The molecule has 1 N–H and O–H groups in total. The number of hydrogen-bond donors (Lipinski definition) is 1. The van der Waals surface area contributed by atoms with E-state index in [4.69, 9.17) is 0 Å². The zero-order valence-corrected chi connectivity index (χ0v) is 13.9. The molecular weight excluding hydrogens is 314 g/mol. The van der Waals surface area contributed by atoms with Crippen LogP contribution in [0.25, 0.3) is 22.2 Å². The molecule has 0 saturated carbocycles. The van der Waals surface area contributed by atoms with E-state index in [9.17, 15) is 4.79 Å². The normalized spacial score (nSPS) is 14.7. The van der Waals surface area contributed by atoms with Gasteiger partial charge in [0.05, 0.1) is 17.8 Å². The minimum atomic E-state index is -0.0304. The number of carbonyl (C=O) groups is 1. The monoisotopic (exact) mass is 333 g/mol. The fourth-order valence-electron chi connectivity index (χ4n) is 3.09. The first-order chi connectivity index (χ1) is 12.3. The molecule has 126 valence electrons. The summed E-state index contributed by atoms with van der Waals surface area (Å²) in [4.78, 5) is 27.5. The van der Waals surface area contributed by atoms with Gasteiger partial charge in [-0.05, 0) is 50.2 Å². The molecule has 0 atom stereocenters. The van der Waals surface area contributed by atoms with Gasteiger partial charge in [0.1, 0.15) is 5.82 Å². The zero-order chi connectivity index (χ0) is 17.1. The van der Waals surface area contributed by atoms with Crippen LogP contribution in [0.5, 0.6) is 0 Å². The van der Waals surface area contributed by atoms with Crippen LogP contribution in [0.1, 0.15) is 12.8 Å². The van der Waals surface area contributed by atoms with Gasteiger partial charge in [-0.3, -0.25) is 14.7 Å². The largest absolute Gasteiger partial charge is 0.310 e. The number of carbonyl (C=O) groups excluding carboxylic acids is 1. The standard InChI is InChI=1S/C19H19N5O/c25-19(13-24-8-1-2-9-24)23-18-10-17-15(12-21-18)5-6-16(22-17)14-4-3-7-20-11-14/h3-7,10-12H,1-2,8-9,13H2,(H,21,23,25). The van der Waals surface area contributed by atoms with Crippen LogP contribution in [-0.4, -0.2) is 45.4 Å². The van der Waals surface area contributed by atoms with E-state index < -0.39 is 0 Å². The lowest BCUT2D eigenvalue weighted by molar-refractivity contribution is -0.117. The molecule has 0 aromatic carbocycles. The van der Waals surface area contributed by atoms with Crippen molar-refractivity contribution in [3.05, 3.63) is 48.9 Å². The van der Waals surface area contributed by atoms with Gasteiger partial charge in [0.25, 0.3) is 0 Å². The number of nitrogens with one attached hydrogen (secondary N) is 1. The third-order valence-corrected chi connectivity index (χ3v) is 4.36. The van der Waals surface area contributed by atoms with Crippen LogP contribution in [0, 0.1) is 0 Å². The number of rotatable bonds is 4. The Bertz CT molecular complexity index is 891. The summed E-state index contributed by atoms with van der Waals surface area (Å²) in [7, 11) is 0. The maximum Gasteiger partial charge on any atom is 0.239 e. The van der Waals surface area contributed by atoms with Gasteiger partial charge in [0, 0.05) is 35.6 Å². The summed E-state index contributed by atoms with van der Waals surface area (Å²) < 4.78 is 0. The Morgan fingerprint density at radius 3 is 2.84 bits per heavy atom. The number of likely N-dealkylation sites (tertiary alicyclic amines) is 1. The Hall–Kier alpha value is -2.86. The summed E-state index contributed by atoms with van der Waals surface area (Å²) in [5.74, 6) is 0.504. The molecule has 3 aromatic rings. The van der Waals surface area contributed by atoms with Gasteiger partial charge in [-0.15, -0.1) is 0 Å². The molecule has 1 aliphatic rings. The number of fused-ring (bicyclic) bond motifs is 1. The first kappa shape index (κ1) is 15.7. The Kier molecular flexibility index (Phi) is 4.35. The molecule has 25 heavy (non-hydrogen) atoms.